The molecule has 1 aliphatic rings. The van der Waals surface area contributed by atoms with Gasteiger partial charge in [-0.25, -0.2) is 9.97 Å². The molecule has 7 heteroatoms. The van der Waals surface area contributed by atoms with Gasteiger partial charge < -0.3 is 4.90 Å². The van der Waals surface area contributed by atoms with Crippen molar-refractivity contribution in [1.82, 2.24) is 14.9 Å². The number of carbonyl (C=O) groups is 1. The van der Waals surface area contributed by atoms with Gasteiger partial charge >= 0.3 is 12.1 Å². The Morgan fingerprint density at radius 1 is 1.39 bits per heavy atom. The van der Waals surface area contributed by atoms with Gasteiger partial charge in [-0.3, -0.25) is 4.79 Å². The molecule has 1 saturated heterocycles. The molecule has 1 unspecified atom stereocenters. The Morgan fingerprint density at radius 2 is 2.06 bits per heavy atom. The van der Waals surface area contributed by atoms with Gasteiger partial charge in [-0.15, -0.1) is 0 Å². The zero-order valence-electron chi connectivity index (χ0n) is 9.52. The van der Waals surface area contributed by atoms with Crippen LogP contribution in [-0.4, -0.2) is 40.0 Å². The summed E-state index contributed by atoms with van der Waals surface area (Å²) in [4.78, 5) is 19.9. The number of aromatic nitrogens is 2. The first kappa shape index (κ1) is 12.8. The predicted molar refractivity (Wildman–Crippen MR) is 56.5 cm³/mol. The lowest BCUT2D eigenvalue weighted by Gasteiger charge is -2.17. The summed E-state index contributed by atoms with van der Waals surface area (Å²) in [6.45, 7) is 0.270. The van der Waals surface area contributed by atoms with E-state index in [1.165, 1.54) is 0 Å². The maximum Gasteiger partial charge on any atom is 0.471 e. The first-order chi connectivity index (χ1) is 8.47. The largest absolute Gasteiger partial charge is 0.471 e. The Bertz CT molecular complexity index is 421. The van der Waals surface area contributed by atoms with Crippen LogP contribution in [0.25, 0.3) is 0 Å². The smallest absolute Gasteiger partial charge is 0.335 e. The average molecular weight is 259 g/mol. The fourth-order valence-corrected chi connectivity index (χ4v) is 2.06. The second-order valence-electron chi connectivity index (χ2n) is 4.27. The fourth-order valence-electron chi connectivity index (χ4n) is 2.06. The van der Waals surface area contributed by atoms with Gasteiger partial charge in [0.2, 0.25) is 0 Å². The van der Waals surface area contributed by atoms with Crippen LogP contribution in [0.15, 0.2) is 18.5 Å². The maximum atomic E-state index is 12.2. The molecule has 98 valence electrons. The third kappa shape index (κ3) is 2.96. The molecule has 0 radical (unpaired) electrons. The maximum absolute atomic E-state index is 12.2. The number of carbonyl (C=O) groups excluding carboxylic acids is 1. The highest BCUT2D eigenvalue weighted by Gasteiger charge is 2.44. The third-order valence-electron chi connectivity index (χ3n) is 2.91. The summed E-state index contributed by atoms with van der Waals surface area (Å²) in [5.41, 5.74) is 0. The molecule has 0 aromatic carbocycles. The number of nitrogens with zero attached hydrogens (tertiary/aromatic N) is 3. The number of amides is 1. The SMILES string of the molecule is O=C(N1CCC(Cc2ncccn2)C1)C(F)(F)F. The standard InChI is InChI=1S/C11H12F3N3O/c12-11(13,14)10(18)17-5-2-8(7-17)6-9-15-3-1-4-16-9/h1,3-4,8H,2,5-7H2. The molecule has 18 heavy (non-hydrogen) atoms. The summed E-state index contributed by atoms with van der Waals surface area (Å²) in [6, 6.07) is 1.68. The van der Waals surface area contributed by atoms with E-state index >= 15 is 0 Å². The summed E-state index contributed by atoms with van der Waals surface area (Å²) < 4.78 is 36.7. The van der Waals surface area contributed by atoms with Gasteiger partial charge in [0.25, 0.3) is 0 Å². The van der Waals surface area contributed by atoms with Crippen molar-refractivity contribution >= 4 is 5.91 Å². The summed E-state index contributed by atoms with van der Waals surface area (Å²) in [6.07, 6.45) is -0.535. The van der Waals surface area contributed by atoms with E-state index < -0.39 is 12.1 Å². The zero-order chi connectivity index (χ0) is 13.2. The Morgan fingerprint density at radius 3 is 2.67 bits per heavy atom. The van der Waals surface area contributed by atoms with Crippen LogP contribution in [0.3, 0.4) is 0 Å². The highest BCUT2D eigenvalue weighted by Crippen LogP contribution is 2.25. The number of alkyl halides is 3. The number of halogens is 3. The summed E-state index contributed by atoms with van der Waals surface area (Å²) in [5.74, 6) is -1.15. The van der Waals surface area contributed by atoms with Crippen LogP contribution in [0.4, 0.5) is 13.2 Å². The molecule has 2 rings (SSSR count). The molecule has 0 bridgehead atoms. The molecule has 1 aromatic heterocycles. The molecule has 4 nitrogen and oxygen atoms in total. The Hall–Kier alpha value is -1.66. The summed E-state index contributed by atoms with van der Waals surface area (Å²) in [5, 5.41) is 0. The van der Waals surface area contributed by atoms with Crippen molar-refractivity contribution in [2.24, 2.45) is 5.92 Å². The summed E-state index contributed by atoms with van der Waals surface area (Å²) >= 11 is 0. The monoisotopic (exact) mass is 259 g/mol. The van der Waals surface area contributed by atoms with Crippen LogP contribution in [0, 0.1) is 5.92 Å². The first-order valence-electron chi connectivity index (χ1n) is 5.59. The summed E-state index contributed by atoms with van der Waals surface area (Å²) in [7, 11) is 0. The molecule has 1 atom stereocenters. The highest BCUT2D eigenvalue weighted by molar-refractivity contribution is 5.82. The van der Waals surface area contributed by atoms with Crippen molar-refractivity contribution in [2.75, 3.05) is 13.1 Å². The van der Waals surface area contributed by atoms with E-state index in [9.17, 15) is 18.0 Å². The quantitative estimate of drug-likeness (QED) is 0.807. The minimum Gasteiger partial charge on any atom is -0.335 e. The molecule has 1 fully saturated rings. The molecule has 1 aromatic rings. The van der Waals surface area contributed by atoms with E-state index in [4.69, 9.17) is 0 Å². The van der Waals surface area contributed by atoms with Gasteiger partial charge in [0.15, 0.2) is 0 Å². The Labute approximate surface area is 102 Å². The molecule has 0 aliphatic carbocycles. The average Bonchev–Trinajstić information content (AvgIpc) is 2.76. The van der Waals surface area contributed by atoms with Gasteiger partial charge in [0, 0.05) is 31.9 Å². The lowest BCUT2D eigenvalue weighted by Crippen LogP contribution is -2.39. The van der Waals surface area contributed by atoms with Crippen molar-refractivity contribution in [1.29, 1.82) is 0 Å². The second-order valence-corrected chi connectivity index (χ2v) is 4.27. The van der Waals surface area contributed by atoms with Crippen molar-refractivity contribution in [2.45, 2.75) is 19.0 Å². The molecular formula is C11H12F3N3O. The molecule has 0 saturated carbocycles. The van der Waals surface area contributed by atoms with Crippen LogP contribution >= 0.6 is 0 Å². The zero-order valence-corrected chi connectivity index (χ0v) is 9.52. The van der Waals surface area contributed by atoms with Crippen LogP contribution in [0.2, 0.25) is 0 Å². The molecule has 2 heterocycles. The van der Waals surface area contributed by atoms with Crippen molar-refractivity contribution < 1.29 is 18.0 Å². The molecule has 1 amide bonds. The van der Waals surface area contributed by atoms with E-state index in [-0.39, 0.29) is 19.0 Å². The lowest BCUT2D eigenvalue weighted by molar-refractivity contribution is -0.184. The topological polar surface area (TPSA) is 46.1 Å². The van der Waals surface area contributed by atoms with E-state index in [0.29, 0.717) is 18.7 Å². The second kappa shape index (κ2) is 4.91. The Kier molecular flexibility index (Phi) is 3.49. The molecule has 0 spiro atoms. The highest BCUT2D eigenvalue weighted by atomic mass is 19.4. The van der Waals surface area contributed by atoms with Gasteiger partial charge in [0.1, 0.15) is 5.82 Å². The van der Waals surface area contributed by atoms with Gasteiger partial charge in [0.05, 0.1) is 0 Å². The van der Waals surface area contributed by atoms with Gasteiger partial charge in [-0.2, -0.15) is 13.2 Å². The molecular weight excluding hydrogens is 247 g/mol. The van der Waals surface area contributed by atoms with E-state index in [1.54, 1.807) is 18.5 Å². The van der Waals surface area contributed by atoms with Gasteiger partial charge in [-0.05, 0) is 18.4 Å². The predicted octanol–water partition coefficient (Wildman–Crippen LogP) is 1.43. The number of rotatable bonds is 2. The van der Waals surface area contributed by atoms with Crippen LogP contribution < -0.4 is 0 Å². The van der Waals surface area contributed by atoms with Gasteiger partial charge in [-0.1, -0.05) is 0 Å². The van der Waals surface area contributed by atoms with E-state index in [0.717, 1.165) is 4.90 Å². The van der Waals surface area contributed by atoms with Crippen LogP contribution in [0.5, 0.6) is 0 Å². The number of hydrogen-bond donors (Lipinski definition) is 0. The number of hydrogen-bond acceptors (Lipinski definition) is 3. The number of likely N-dealkylation sites (tertiary alicyclic amines) is 1. The molecule has 0 N–H and O–H groups in total. The minimum atomic E-state index is -4.78. The lowest BCUT2D eigenvalue weighted by atomic mass is 10.0. The molecule has 1 aliphatic heterocycles. The van der Waals surface area contributed by atoms with Crippen molar-refractivity contribution in [3.8, 4) is 0 Å². The van der Waals surface area contributed by atoms with E-state index in [1.807, 2.05) is 0 Å². The third-order valence-corrected chi connectivity index (χ3v) is 2.91. The van der Waals surface area contributed by atoms with Crippen molar-refractivity contribution in [3.63, 3.8) is 0 Å². The van der Waals surface area contributed by atoms with E-state index in [2.05, 4.69) is 9.97 Å². The normalized spacial score (nSPS) is 20.2. The van der Waals surface area contributed by atoms with Crippen molar-refractivity contribution in [3.05, 3.63) is 24.3 Å². The Balaban J connectivity index is 1.91. The first-order valence-corrected chi connectivity index (χ1v) is 5.59. The fraction of sp³-hybridized carbons (Fsp3) is 0.545. The minimum absolute atomic E-state index is 0.00120. The van der Waals surface area contributed by atoms with Crippen LogP contribution in [-0.2, 0) is 11.2 Å². The van der Waals surface area contributed by atoms with Crippen LogP contribution in [0.1, 0.15) is 12.2 Å².